The Kier molecular flexibility index (Phi) is 5.88. The van der Waals surface area contributed by atoms with Gasteiger partial charge in [0.05, 0.1) is 17.4 Å². The Hall–Kier alpha value is -2.37. The molecule has 1 unspecified atom stereocenters. The number of hydrogen-bond acceptors (Lipinski definition) is 3. The molecule has 156 valence electrons. The van der Waals surface area contributed by atoms with E-state index in [4.69, 9.17) is 0 Å². The van der Waals surface area contributed by atoms with E-state index in [1.165, 1.54) is 17.7 Å². The molecule has 0 aromatic heterocycles. The zero-order chi connectivity index (χ0) is 20.4. The number of nitrogens with zero attached hydrogens (tertiary/aromatic N) is 2. The molecule has 3 aliphatic rings. The summed E-state index contributed by atoms with van der Waals surface area (Å²) in [7, 11) is 0. The zero-order valence-electron chi connectivity index (χ0n) is 17.2. The smallest absolute Gasteiger partial charge is 0.297 e. The summed E-state index contributed by atoms with van der Waals surface area (Å²) < 4.78 is 0. The van der Waals surface area contributed by atoms with Crippen LogP contribution in [-0.2, 0) is 4.79 Å². The highest BCUT2D eigenvalue weighted by molar-refractivity contribution is 6.15. The standard InChI is InChI=1S/C23H31N3O3/c1-16(21(27)17-10-4-2-5-11-17)25-19-14-8-9-15-20(19)26(23(29)24-22(25)28)18-12-6-3-7-13-18/h8-9,14-18H,2-7,10-13H2,1H3,(H,24,28,29). The van der Waals surface area contributed by atoms with Gasteiger partial charge in [-0.05, 0) is 44.7 Å². The van der Waals surface area contributed by atoms with E-state index in [1.54, 1.807) is 11.8 Å². The van der Waals surface area contributed by atoms with Gasteiger partial charge in [0, 0.05) is 12.0 Å². The molecule has 2 saturated carbocycles. The second kappa shape index (κ2) is 8.56. The molecule has 4 amide bonds. The molecule has 1 heterocycles. The fourth-order valence-electron chi connectivity index (χ4n) is 5.24. The molecule has 0 spiro atoms. The maximum absolute atomic E-state index is 13.2. The van der Waals surface area contributed by atoms with Crippen LogP contribution in [0.25, 0.3) is 0 Å². The number of imide groups is 1. The minimum absolute atomic E-state index is 0.00659. The molecule has 1 N–H and O–H groups in total. The van der Waals surface area contributed by atoms with E-state index >= 15 is 0 Å². The SMILES string of the molecule is CC(C(=O)C1CCCCC1)N1C(=O)NC(=O)N(C2CCCCC2)c2ccccc21. The van der Waals surface area contributed by atoms with E-state index in [-0.39, 0.29) is 23.8 Å². The van der Waals surface area contributed by atoms with Crippen molar-refractivity contribution in [3.05, 3.63) is 24.3 Å². The van der Waals surface area contributed by atoms with Gasteiger partial charge in [-0.1, -0.05) is 50.7 Å². The van der Waals surface area contributed by atoms with Crippen molar-refractivity contribution in [1.82, 2.24) is 5.32 Å². The summed E-state index contributed by atoms with van der Waals surface area (Å²) in [6.07, 6.45) is 10.3. The van der Waals surface area contributed by atoms with Crippen molar-refractivity contribution in [3.63, 3.8) is 0 Å². The van der Waals surface area contributed by atoms with Crippen molar-refractivity contribution >= 4 is 29.2 Å². The van der Waals surface area contributed by atoms with Crippen LogP contribution in [0.3, 0.4) is 0 Å². The van der Waals surface area contributed by atoms with Crippen LogP contribution in [0.15, 0.2) is 24.3 Å². The van der Waals surface area contributed by atoms with Crippen LogP contribution < -0.4 is 15.1 Å². The number of carbonyl (C=O) groups excluding carboxylic acids is 3. The number of hydrogen-bond donors (Lipinski definition) is 1. The first-order valence-corrected chi connectivity index (χ1v) is 11.1. The van der Waals surface area contributed by atoms with Crippen LogP contribution >= 0.6 is 0 Å². The summed E-state index contributed by atoms with van der Waals surface area (Å²) in [4.78, 5) is 42.5. The first kappa shape index (κ1) is 19.9. The fourth-order valence-corrected chi connectivity index (χ4v) is 5.24. The van der Waals surface area contributed by atoms with Gasteiger partial charge in [0.2, 0.25) is 0 Å². The molecular formula is C23H31N3O3. The molecule has 29 heavy (non-hydrogen) atoms. The molecule has 6 heteroatoms. The van der Waals surface area contributed by atoms with Gasteiger partial charge in [-0.15, -0.1) is 0 Å². The number of fused-ring (bicyclic) bond motifs is 1. The van der Waals surface area contributed by atoms with E-state index in [2.05, 4.69) is 5.32 Å². The Balaban J connectivity index is 1.69. The topological polar surface area (TPSA) is 69.7 Å². The minimum atomic E-state index is -0.599. The molecule has 0 radical (unpaired) electrons. The lowest BCUT2D eigenvalue weighted by Gasteiger charge is -2.34. The lowest BCUT2D eigenvalue weighted by atomic mass is 9.83. The van der Waals surface area contributed by atoms with Gasteiger partial charge >= 0.3 is 12.1 Å². The third-order valence-electron chi connectivity index (χ3n) is 6.80. The van der Waals surface area contributed by atoms with Crippen molar-refractivity contribution in [1.29, 1.82) is 0 Å². The van der Waals surface area contributed by atoms with E-state index in [0.29, 0.717) is 5.69 Å². The average Bonchev–Trinajstić information content (AvgIpc) is 2.86. The number of ketones is 1. The van der Waals surface area contributed by atoms with E-state index in [9.17, 15) is 14.4 Å². The van der Waals surface area contributed by atoms with Gasteiger partial charge in [-0.3, -0.25) is 19.9 Å². The maximum Gasteiger partial charge on any atom is 0.330 e. The van der Waals surface area contributed by atoms with Crippen molar-refractivity contribution in [2.24, 2.45) is 5.92 Å². The number of rotatable bonds is 4. The first-order valence-electron chi connectivity index (χ1n) is 11.1. The van der Waals surface area contributed by atoms with Gasteiger partial charge in [0.25, 0.3) is 0 Å². The van der Waals surface area contributed by atoms with E-state index < -0.39 is 12.1 Å². The quantitative estimate of drug-likeness (QED) is 0.776. The summed E-state index contributed by atoms with van der Waals surface area (Å²) in [5.74, 6) is 0.111. The minimum Gasteiger partial charge on any atom is -0.297 e. The predicted molar refractivity (Wildman–Crippen MR) is 113 cm³/mol. The Bertz CT molecular complexity index is 781. The van der Waals surface area contributed by atoms with Crippen LogP contribution in [0.2, 0.25) is 0 Å². The van der Waals surface area contributed by atoms with Crippen LogP contribution in [0.5, 0.6) is 0 Å². The second-order valence-electron chi connectivity index (χ2n) is 8.67. The summed E-state index contributed by atoms with van der Waals surface area (Å²) in [5.41, 5.74) is 1.38. The van der Waals surface area contributed by atoms with E-state index in [1.807, 2.05) is 24.3 Å². The number of para-hydroxylation sites is 2. The van der Waals surface area contributed by atoms with Gasteiger partial charge in [-0.2, -0.15) is 0 Å². The van der Waals surface area contributed by atoms with Gasteiger partial charge < -0.3 is 0 Å². The maximum atomic E-state index is 13.2. The average molecular weight is 398 g/mol. The monoisotopic (exact) mass is 397 g/mol. The third-order valence-corrected chi connectivity index (χ3v) is 6.80. The summed E-state index contributed by atoms with van der Waals surface area (Å²) in [5, 5.41) is 2.55. The molecule has 6 nitrogen and oxygen atoms in total. The number of amides is 4. The van der Waals surface area contributed by atoms with Crippen molar-refractivity contribution in [3.8, 4) is 0 Å². The van der Waals surface area contributed by atoms with Crippen molar-refractivity contribution < 1.29 is 14.4 Å². The molecule has 1 aromatic rings. The number of nitrogens with one attached hydrogen (secondary N) is 1. The first-order chi connectivity index (χ1) is 14.1. The second-order valence-corrected chi connectivity index (χ2v) is 8.67. The van der Waals surface area contributed by atoms with Crippen molar-refractivity contribution in [2.75, 3.05) is 9.80 Å². The molecule has 1 aliphatic heterocycles. The highest BCUT2D eigenvalue weighted by Crippen LogP contribution is 2.38. The number of Topliss-reactive ketones (excluding diaryl/α,β-unsaturated/α-hetero) is 1. The number of urea groups is 2. The number of anilines is 2. The van der Waals surface area contributed by atoms with Crippen LogP contribution in [0.1, 0.15) is 71.1 Å². The molecule has 0 bridgehead atoms. The highest BCUT2D eigenvalue weighted by Gasteiger charge is 2.40. The third kappa shape index (κ3) is 3.89. The summed E-state index contributed by atoms with van der Waals surface area (Å²) in [6.45, 7) is 1.80. The lowest BCUT2D eigenvalue weighted by Crippen LogP contribution is -2.52. The fraction of sp³-hybridized carbons (Fsp3) is 0.609. The van der Waals surface area contributed by atoms with Crippen LogP contribution in [-0.4, -0.2) is 29.9 Å². The molecule has 1 aromatic carbocycles. The zero-order valence-corrected chi connectivity index (χ0v) is 17.2. The van der Waals surface area contributed by atoms with Crippen molar-refractivity contribution in [2.45, 2.75) is 83.2 Å². The summed E-state index contributed by atoms with van der Waals surface area (Å²) in [6, 6.07) is 6.11. The molecule has 0 saturated heterocycles. The highest BCUT2D eigenvalue weighted by atomic mass is 16.2. The Morgan fingerprint density at radius 1 is 0.897 bits per heavy atom. The normalized spacial score (nSPS) is 22.7. The van der Waals surface area contributed by atoms with Gasteiger partial charge in [-0.25, -0.2) is 9.59 Å². The van der Waals surface area contributed by atoms with Crippen LogP contribution in [0, 0.1) is 5.92 Å². The molecule has 4 rings (SSSR count). The Morgan fingerprint density at radius 3 is 2.14 bits per heavy atom. The molecule has 2 fully saturated rings. The number of carbonyl (C=O) groups is 3. The van der Waals surface area contributed by atoms with Gasteiger partial charge in [0.15, 0.2) is 5.78 Å². The lowest BCUT2D eigenvalue weighted by molar-refractivity contribution is -0.124. The predicted octanol–water partition coefficient (Wildman–Crippen LogP) is 5.01. The van der Waals surface area contributed by atoms with E-state index in [0.717, 1.165) is 57.1 Å². The Labute approximate surface area is 172 Å². The largest absolute Gasteiger partial charge is 0.330 e. The number of benzene rings is 1. The van der Waals surface area contributed by atoms with Gasteiger partial charge in [0.1, 0.15) is 0 Å². The molecular weight excluding hydrogens is 366 g/mol. The summed E-state index contributed by atoms with van der Waals surface area (Å²) >= 11 is 0. The van der Waals surface area contributed by atoms with Crippen LogP contribution in [0.4, 0.5) is 21.0 Å². The Morgan fingerprint density at radius 2 is 1.48 bits per heavy atom. The molecule has 2 aliphatic carbocycles. The molecule has 1 atom stereocenters.